The first-order chi connectivity index (χ1) is 14.3. The van der Waals surface area contributed by atoms with Crippen molar-refractivity contribution >= 4 is 15.9 Å². The zero-order valence-corrected chi connectivity index (χ0v) is 18.2. The number of piperidine rings is 1. The van der Waals surface area contributed by atoms with E-state index in [2.05, 4.69) is 21.7 Å². The van der Waals surface area contributed by atoms with Crippen LogP contribution in [0.5, 0.6) is 0 Å². The van der Waals surface area contributed by atoms with Gasteiger partial charge in [0.2, 0.25) is 15.9 Å². The first kappa shape index (κ1) is 20.4. The molecule has 1 aliphatic carbocycles. The molecule has 164 valence electrons. The van der Waals surface area contributed by atoms with Crippen LogP contribution in [0.25, 0.3) is 0 Å². The molecule has 1 amide bonds. The van der Waals surface area contributed by atoms with Crippen LogP contribution in [-0.2, 0) is 14.8 Å². The van der Waals surface area contributed by atoms with Gasteiger partial charge in [0.25, 0.3) is 0 Å². The molecule has 5 rings (SSSR count). The smallest absolute Gasteiger partial charge is 0.243 e. The summed E-state index contributed by atoms with van der Waals surface area (Å²) in [6.07, 6.45) is 3.54. The number of benzene rings is 1. The molecule has 0 unspecified atom stereocenters. The Morgan fingerprint density at radius 1 is 1.13 bits per heavy atom. The predicted molar refractivity (Wildman–Crippen MR) is 110 cm³/mol. The molecule has 9 heteroatoms. The van der Waals surface area contributed by atoms with E-state index in [1.165, 1.54) is 35.3 Å². The average molecular weight is 437 g/mol. The number of fused-ring (bicyclic) bond motifs is 2. The molecule has 30 heavy (non-hydrogen) atoms. The number of likely N-dealkylation sites (N-methyl/N-ethyl adjacent to an activating group) is 1. The van der Waals surface area contributed by atoms with Gasteiger partial charge in [-0.15, -0.1) is 0 Å². The minimum Gasteiger partial charge on any atom is -0.322 e. The number of carbonyl (C=O) groups is 1. The van der Waals surface area contributed by atoms with E-state index in [-0.39, 0.29) is 22.5 Å². The number of halogens is 1. The quantitative estimate of drug-likeness (QED) is 0.709. The van der Waals surface area contributed by atoms with Crippen molar-refractivity contribution in [1.82, 2.24) is 19.0 Å². The lowest BCUT2D eigenvalue weighted by Crippen LogP contribution is -2.63. The van der Waals surface area contributed by atoms with E-state index in [0.29, 0.717) is 31.8 Å². The second-order valence-electron chi connectivity index (χ2n) is 9.21. The number of sulfonamides is 1. The van der Waals surface area contributed by atoms with Gasteiger partial charge >= 0.3 is 0 Å². The summed E-state index contributed by atoms with van der Waals surface area (Å²) in [4.78, 5) is 20.0. The largest absolute Gasteiger partial charge is 0.322 e. The summed E-state index contributed by atoms with van der Waals surface area (Å²) >= 11 is 0. The number of rotatable bonds is 4. The Kier molecular flexibility index (Phi) is 4.92. The molecule has 4 fully saturated rings. The number of piperazine rings is 1. The van der Waals surface area contributed by atoms with Crippen molar-refractivity contribution in [2.24, 2.45) is 5.92 Å². The van der Waals surface area contributed by atoms with Gasteiger partial charge in [-0.2, -0.15) is 4.31 Å². The third kappa shape index (κ3) is 3.26. The number of amides is 1. The molecule has 0 bridgehead atoms. The van der Waals surface area contributed by atoms with E-state index in [4.69, 9.17) is 0 Å². The van der Waals surface area contributed by atoms with E-state index in [0.717, 1.165) is 32.2 Å². The molecule has 4 aliphatic rings. The lowest BCUT2D eigenvalue weighted by Gasteiger charge is -2.50. The number of hydrogen-bond acceptors (Lipinski definition) is 5. The van der Waals surface area contributed by atoms with Gasteiger partial charge in [-0.1, -0.05) is 6.07 Å². The fourth-order valence-corrected chi connectivity index (χ4v) is 6.88. The van der Waals surface area contributed by atoms with E-state index < -0.39 is 15.8 Å². The maximum Gasteiger partial charge on any atom is 0.243 e. The summed E-state index contributed by atoms with van der Waals surface area (Å²) in [6, 6.07) is 5.06. The Morgan fingerprint density at radius 2 is 1.87 bits per heavy atom. The second-order valence-corrected chi connectivity index (χ2v) is 11.1. The zero-order chi connectivity index (χ0) is 21.1. The SMILES string of the molecule is CN1CCN2[C@H](C1)C(=O)N(CC1CC1)C21CCN(S(=O)(=O)c2cccc(F)c2)CC1. The first-order valence-electron chi connectivity index (χ1n) is 10.8. The molecule has 0 N–H and O–H groups in total. The summed E-state index contributed by atoms with van der Waals surface area (Å²) in [5, 5.41) is 0. The number of carbonyl (C=O) groups excluding carboxylic acids is 1. The monoisotopic (exact) mass is 436 g/mol. The van der Waals surface area contributed by atoms with Crippen LogP contribution >= 0.6 is 0 Å². The Hall–Kier alpha value is -1.55. The minimum atomic E-state index is -3.75. The molecule has 1 aromatic rings. The highest BCUT2D eigenvalue weighted by atomic mass is 32.2. The molecule has 0 radical (unpaired) electrons. The van der Waals surface area contributed by atoms with Gasteiger partial charge in [0.1, 0.15) is 11.9 Å². The van der Waals surface area contributed by atoms with Crippen molar-refractivity contribution in [3.8, 4) is 0 Å². The summed E-state index contributed by atoms with van der Waals surface area (Å²) in [5.74, 6) is 0.232. The van der Waals surface area contributed by atoms with Crippen LogP contribution in [0.2, 0.25) is 0 Å². The predicted octanol–water partition coefficient (Wildman–Crippen LogP) is 1.17. The van der Waals surface area contributed by atoms with Crippen molar-refractivity contribution in [1.29, 1.82) is 0 Å². The lowest BCUT2D eigenvalue weighted by atomic mass is 9.94. The molecular weight excluding hydrogens is 407 g/mol. The van der Waals surface area contributed by atoms with Crippen LogP contribution in [0.1, 0.15) is 25.7 Å². The molecule has 3 saturated heterocycles. The molecule has 3 aliphatic heterocycles. The Balaban J connectivity index is 1.40. The first-order valence-corrected chi connectivity index (χ1v) is 12.3. The molecule has 1 spiro atoms. The third-order valence-corrected chi connectivity index (χ3v) is 9.16. The van der Waals surface area contributed by atoms with E-state index in [1.54, 1.807) is 0 Å². The summed E-state index contributed by atoms with van der Waals surface area (Å²) < 4.78 is 41.2. The average Bonchev–Trinajstić information content (AvgIpc) is 3.52. The fraction of sp³-hybridized carbons (Fsp3) is 0.667. The van der Waals surface area contributed by atoms with Crippen molar-refractivity contribution in [3.05, 3.63) is 30.1 Å². The summed E-state index contributed by atoms with van der Waals surface area (Å²) in [7, 11) is -1.70. The highest BCUT2D eigenvalue weighted by Gasteiger charge is 2.59. The van der Waals surface area contributed by atoms with E-state index in [9.17, 15) is 17.6 Å². The van der Waals surface area contributed by atoms with Crippen molar-refractivity contribution in [3.63, 3.8) is 0 Å². The molecular formula is C21H29FN4O3S. The summed E-state index contributed by atoms with van der Waals surface area (Å²) in [5.41, 5.74) is -0.389. The van der Waals surface area contributed by atoms with E-state index in [1.807, 2.05) is 0 Å². The molecule has 1 atom stereocenters. The highest BCUT2D eigenvalue weighted by molar-refractivity contribution is 7.89. The van der Waals surface area contributed by atoms with Crippen LogP contribution in [0.15, 0.2) is 29.2 Å². The van der Waals surface area contributed by atoms with Crippen molar-refractivity contribution in [2.45, 2.75) is 42.3 Å². The van der Waals surface area contributed by atoms with Gasteiger partial charge in [-0.3, -0.25) is 9.69 Å². The Bertz CT molecular complexity index is 943. The van der Waals surface area contributed by atoms with E-state index >= 15 is 0 Å². The standard InChI is InChI=1S/C21H29FN4O3S/c1-23-11-12-25-19(15-23)20(27)26(14-16-5-6-16)21(25)7-9-24(10-8-21)30(28,29)18-4-2-3-17(22)13-18/h2-4,13,16,19H,5-12,14-15H2,1H3/t19-/m1/s1. The zero-order valence-electron chi connectivity index (χ0n) is 17.3. The number of hydrogen-bond donors (Lipinski definition) is 0. The normalized spacial score (nSPS) is 28.3. The van der Waals surface area contributed by atoms with Crippen LogP contribution in [0.4, 0.5) is 4.39 Å². The molecule has 0 aromatic heterocycles. The lowest BCUT2D eigenvalue weighted by molar-refractivity contribution is -0.134. The Labute approximate surface area is 177 Å². The van der Waals surface area contributed by atoms with Crippen LogP contribution < -0.4 is 0 Å². The van der Waals surface area contributed by atoms with Gasteiger partial charge in [0.05, 0.1) is 10.6 Å². The molecule has 3 heterocycles. The van der Waals surface area contributed by atoms with Gasteiger partial charge in [-0.25, -0.2) is 12.8 Å². The maximum atomic E-state index is 13.6. The molecule has 1 aromatic carbocycles. The highest BCUT2D eigenvalue weighted by Crippen LogP contribution is 2.44. The fourth-order valence-electron chi connectivity index (χ4n) is 5.41. The maximum absolute atomic E-state index is 13.6. The number of nitrogens with zero attached hydrogens (tertiary/aromatic N) is 4. The van der Waals surface area contributed by atoms with Gasteiger partial charge < -0.3 is 9.80 Å². The van der Waals surface area contributed by atoms with Gasteiger partial charge in [0, 0.05) is 39.3 Å². The molecule has 1 saturated carbocycles. The van der Waals surface area contributed by atoms with Crippen molar-refractivity contribution in [2.75, 3.05) is 46.3 Å². The Morgan fingerprint density at radius 3 is 2.53 bits per heavy atom. The summed E-state index contributed by atoms with van der Waals surface area (Å²) in [6.45, 7) is 3.93. The second kappa shape index (κ2) is 7.25. The van der Waals surface area contributed by atoms with Gasteiger partial charge in [-0.05, 0) is 56.8 Å². The van der Waals surface area contributed by atoms with Gasteiger partial charge in [0.15, 0.2) is 0 Å². The topological polar surface area (TPSA) is 64.2 Å². The third-order valence-electron chi connectivity index (χ3n) is 7.27. The minimum absolute atomic E-state index is 0.00624. The van der Waals surface area contributed by atoms with Crippen LogP contribution in [-0.4, -0.2) is 91.4 Å². The van der Waals surface area contributed by atoms with Crippen LogP contribution in [0.3, 0.4) is 0 Å². The van der Waals surface area contributed by atoms with Crippen LogP contribution in [0, 0.1) is 11.7 Å². The van der Waals surface area contributed by atoms with Crippen molar-refractivity contribution < 1.29 is 17.6 Å². The molecule has 7 nitrogen and oxygen atoms in total.